The predicted molar refractivity (Wildman–Crippen MR) is 73.3 cm³/mol. The Kier molecular flexibility index (Phi) is 4.09. The zero-order chi connectivity index (χ0) is 13.8. The Morgan fingerprint density at radius 3 is 2.47 bits per heavy atom. The highest BCUT2D eigenvalue weighted by molar-refractivity contribution is 7.12. The molecule has 1 aromatic heterocycles. The Bertz CT molecular complexity index is 575. The maximum absolute atomic E-state index is 11.8. The van der Waals surface area contributed by atoms with Crippen LogP contribution in [0.3, 0.4) is 0 Å². The summed E-state index contributed by atoms with van der Waals surface area (Å²) < 4.78 is 0. The van der Waals surface area contributed by atoms with Crippen molar-refractivity contribution in [1.29, 1.82) is 0 Å². The number of hydrogen-bond donors (Lipinski definition) is 2. The number of aryl methyl sites for hydroxylation is 1. The van der Waals surface area contributed by atoms with Crippen molar-refractivity contribution in [1.82, 2.24) is 5.32 Å². The average Bonchev–Trinajstić information content (AvgIpc) is 2.92. The van der Waals surface area contributed by atoms with E-state index in [0.29, 0.717) is 10.4 Å². The van der Waals surface area contributed by atoms with Gasteiger partial charge in [-0.15, -0.1) is 11.3 Å². The van der Waals surface area contributed by atoms with Gasteiger partial charge in [-0.3, -0.25) is 9.59 Å². The molecule has 1 heterocycles. The number of thiophene rings is 1. The van der Waals surface area contributed by atoms with Gasteiger partial charge in [-0.25, -0.2) is 0 Å². The number of nitrogens with one attached hydrogen (secondary N) is 1. The fourth-order valence-corrected chi connectivity index (χ4v) is 2.22. The van der Waals surface area contributed by atoms with E-state index in [9.17, 15) is 14.7 Å². The highest BCUT2D eigenvalue weighted by Crippen LogP contribution is 2.11. The summed E-state index contributed by atoms with van der Waals surface area (Å²) in [6, 6.07) is 10.2. The van der Waals surface area contributed by atoms with Gasteiger partial charge in [-0.1, -0.05) is 23.8 Å². The highest BCUT2D eigenvalue weighted by Gasteiger charge is 2.20. The molecule has 0 aliphatic carbocycles. The number of hydrogen-bond acceptors (Lipinski definition) is 4. The van der Waals surface area contributed by atoms with Gasteiger partial charge < -0.3 is 10.4 Å². The van der Waals surface area contributed by atoms with E-state index in [1.54, 1.807) is 41.8 Å². The fourth-order valence-electron chi connectivity index (χ4n) is 1.53. The zero-order valence-corrected chi connectivity index (χ0v) is 11.1. The second-order valence-corrected chi connectivity index (χ2v) is 5.03. The Labute approximate surface area is 114 Å². The van der Waals surface area contributed by atoms with Crippen LogP contribution < -0.4 is 5.32 Å². The predicted octanol–water partition coefficient (Wildman–Crippen LogP) is 1.99. The molecule has 0 radical (unpaired) electrons. The quantitative estimate of drug-likeness (QED) is 0.662. The summed E-state index contributed by atoms with van der Waals surface area (Å²) in [7, 11) is 0. The van der Waals surface area contributed by atoms with Gasteiger partial charge in [0.2, 0.25) is 5.78 Å². The molecule has 0 saturated carbocycles. The monoisotopic (exact) mass is 275 g/mol. The maximum Gasteiger partial charge on any atom is 0.253 e. The molecule has 5 heteroatoms. The minimum absolute atomic E-state index is 0.406. The average molecular weight is 275 g/mol. The van der Waals surface area contributed by atoms with Crippen LogP contribution >= 0.6 is 11.3 Å². The lowest BCUT2D eigenvalue weighted by molar-refractivity contribution is 0.0610. The number of ketones is 1. The van der Waals surface area contributed by atoms with Crippen LogP contribution in [0.25, 0.3) is 0 Å². The number of carbonyl (C=O) groups excluding carboxylic acids is 2. The van der Waals surface area contributed by atoms with E-state index in [1.807, 2.05) is 6.92 Å². The van der Waals surface area contributed by atoms with Crippen molar-refractivity contribution in [2.24, 2.45) is 0 Å². The van der Waals surface area contributed by atoms with E-state index < -0.39 is 17.9 Å². The lowest BCUT2D eigenvalue weighted by atomic mass is 10.1. The second-order valence-electron chi connectivity index (χ2n) is 4.08. The molecule has 19 heavy (non-hydrogen) atoms. The Morgan fingerprint density at radius 2 is 1.89 bits per heavy atom. The minimum Gasteiger partial charge on any atom is -0.367 e. The SMILES string of the molecule is Cc1ccc(C(=O)N[C@H](O)C(=O)c2cccs2)cc1. The first-order valence-electron chi connectivity index (χ1n) is 5.71. The molecule has 2 aromatic rings. The standard InChI is InChI=1S/C14H13NO3S/c1-9-4-6-10(7-5-9)13(17)15-14(18)12(16)11-3-2-8-19-11/h2-8,14,18H,1H3,(H,15,17)/t14-/m1/s1. The first-order valence-corrected chi connectivity index (χ1v) is 6.59. The molecule has 0 bridgehead atoms. The number of aliphatic hydroxyl groups excluding tert-OH is 1. The first-order chi connectivity index (χ1) is 9.08. The van der Waals surface area contributed by atoms with Crippen LogP contribution in [-0.4, -0.2) is 23.0 Å². The van der Waals surface area contributed by atoms with Gasteiger partial charge in [-0.2, -0.15) is 0 Å². The Hall–Kier alpha value is -1.98. The van der Waals surface area contributed by atoms with Crippen molar-refractivity contribution in [3.8, 4) is 0 Å². The van der Waals surface area contributed by atoms with Crippen molar-refractivity contribution >= 4 is 23.0 Å². The summed E-state index contributed by atoms with van der Waals surface area (Å²) in [6.07, 6.45) is -1.52. The molecule has 98 valence electrons. The molecule has 0 unspecified atom stereocenters. The summed E-state index contributed by atoms with van der Waals surface area (Å²) >= 11 is 1.22. The molecule has 1 aromatic carbocycles. The topological polar surface area (TPSA) is 66.4 Å². The van der Waals surface area contributed by atoms with Crippen molar-refractivity contribution in [3.05, 3.63) is 57.8 Å². The van der Waals surface area contributed by atoms with Gasteiger partial charge in [0.15, 0.2) is 6.23 Å². The molecule has 0 aliphatic heterocycles. The van der Waals surface area contributed by atoms with Crippen LogP contribution in [0.2, 0.25) is 0 Å². The van der Waals surface area contributed by atoms with Crippen LogP contribution in [-0.2, 0) is 0 Å². The number of benzene rings is 1. The number of rotatable bonds is 4. The molecule has 0 fully saturated rings. The van der Waals surface area contributed by atoms with Crippen LogP contribution in [0.4, 0.5) is 0 Å². The second kappa shape index (κ2) is 5.77. The van der Waals surface area contributed by atoms with Gasteiger partial charge in [0, 0.05) is 5.56 Å². The van der Waals surface area contributed by atoms with E-state index in [2.05, 4.69) is 5.32 Å². The fraction of sp³-hybridized carbons (Fsp3) is 0.143. The maximum atomic E-state index is 11.8. The van der Waals surface area contributed by atoms with E-state index in [0.717, 1.165) is 5.56 Å². The Balaban J connectivity index is 2.02. The zero-order valence-electron chi connectivity index (χ0n) is 10.3. The molecule has 0 aliphatic rings. The van der Waals surface area contributed by atoms with Gasteiger partial charge >= 0.3 is 0 Å². The lowest BCUT2D eigenvalue weighted by Crippen LogP contribution is -2.40. The number of Topliss-reactive ketones (excluding diaryl/α,β-unsaturated/α-hetero) is 1. The van der Waals surface area contributed by atoms with Crippen molar-refractivity contribution < 1.29 is 14.7 Å². The molecule has 4 nitrogen and oxygen atoms in total. The molecular formula is C14H13NO3S. The van der Waals surface area contributed by atoms with E-state index in [1.165, 1.54) is 11.3 Å². The summed E-state index contributed by atoms with van der Waals surface area (Å²) in [6.45, 7) is 1.91. The highest BCUT2D eigenvalue weighted by atomic mass is 32.1. The number of aliphatic hydroxyl groups is 1. The number of carbonyl (C=O) groups is 2. The normalized spacial score (nSPS) is 11.9. The van der Waals surface area contributed by atoms with Gasteiger partial charge in [0.05, 0.1) is 4.88 Å². The number of amides is 1. The molecule has 0 spiro atoms. The van der Waals surface area contributed by atoms with Crippen LogP contribution in [0.15, 0.2) is 41.8 Å². The molecule has 0 saturated heterocycles. The third kappa shape index (κ3) is 3.27. The van der Waals surface area contributed by atoms with Crippen LogP contribution in [0, 0.1) is 6.92 Å². The molecule has 1 atom stereocenters. The first kappa shape index (κ1) is 13.5. The van der Waals surface area contributed by atoms with E-state index in [-0.39, 0.29) is 0 Å². The summed E-state index contributed by atoms with van der Waals surface area (Å²) in [5, 5.41) is 13.7. The van der Waals surface area contributed by atoms with Gasteiger partial charge in [0.1, 0.15) is 0 Å². The third-order valence-electron chi connectivity index (χ3n) is 2.59. The van der Waals surface area contributed by atoms with Crippen molar-refractivity contribution in [2.45, 2.75) is 13.2 Å². The van der Waals surface area contributed by atoms with Crippen LogP contribution in [0.1, 0.15) is 25.6 Å². The van der Waals surface area contributed by atoms with Crippen molar-refractivity contribution in [3.63, 3.8) is 0 Å². The van der Waals surface area contributed by atoms with Crippen molar-refractivity contribution in [2.75, 3.05) is 0 Å². The van der Waals surface area contributed by atoms with Crippen LogP contribution in [0.5, 0.6) is 0 Å². The van der Waals surface area contributed by atoms with Gasteiger partial charge in [0.25, 0.3) is 5.91 Å². The molecule has 2 N–H and O–H groups in total. The lowest BCUT2D eigenvalue weighted by Gasteiger charge is -2.11. The molecule has 2 rings (SSSR count). The van der Waals surface area contributed by atoms with E-state index in [4.69, 9.17) is 0 Å². The summed E-state index contributed by atoms with van der Waals surface area (Å²) in [5.41, 5.74) is 1.44. The summed E-state index contributed by atoms with van der Waals surface area (Å²) in [5.74, 6) is -0.979. The smallest absolute Gasteiger partial charge is 0.253 e. The molecular weight excluding hydrogens is 262 g/mol. The Morgan fingerprint density at radius 1 is 1.21 bits per heavy atom. The minimum atomic E-state index is -1.52. The largest absolute Gasteiger partial charge is 0.367 e. The third-order valence-corrected chi connectivity index (χ3v) is 3.48. The van der Waals surface area contributed by atoms with Gasteiger partial charge in [-0.05, 0) is 30.5 Å². The van der Waals surface area contributed by atoms with E-state index >= 15 is 0 Å². The molecule has 1 amide bonds. The summed E-state index contributed by atoms with van der Waals surface area (Å²) in [4.78, 5) is 24.0.